The summed E-state index contributed by atoms with van der Waals surface area (Å²) < 4.78 is 34.2. The topological polar surface area (TPSA) is 50.8 Å². The molecule has 0 spiro atoms. The van der Waals surface area contributed by atoms with Gasteiger partial charge in [0, 0.05) is 25.2 Å². The molecule has 1 aliphatic rings. The molecule has 1 saturated heterocycles. The van der Waals surface area contributed by atoms with Crippen molar-refractivity contribution in [1.82, 2.24) is 10.2 Å². The Hall–Kier alpha value is -1.25. The van der Waals surface area contributed by atoms with Crippen LogP contribution in [0.4, 0.5) is 8.78 Å². The van der Waals surface area contributed by atoms with Crippen molar-refractivity contribution in [2.45, 2.75) is 19.2 Å². The fourth-order valence-corrected chi connectivity index (χ4v) is 3.11. The van der Waals surface area contributed by atoms with E-state index in [1.807, 2.05) is 0 Å². The van der Waals surface area contributed by atoms with Crippen molar-refractivity contribution in [2.24, 2.45) is 0 Å². The molecule has 0 radical (unpaired) electrons. The van der Waals surface area contributed by atoms with Gasteiger partial charge in [0.05, 0.1) is 13.2 Å². The van der Waals surface area contributed by atoms with Crippen molar-refractivity contribution < 1.29 is 23.0 Å². The van der Waals surface area contributed by atoms with Crippen molar-refractivity contribution in [3.05, 3.63) is 23.8 Å². The number of amides is 1. The Morgan fingerprint density at radius 1 is 1.48 bits per heavy atom. The molecule has 1 aliphatic heterocycles. The highest BCUT2D eigenvalue weighted by Gasteiger charge is 2.25. The zero-order chi connectivity index (χ0) is 16.1. The first kappa shape index (κ1) is 19.8. The molecule has 5 nitrogen and oxygen atoms in total. The normalized spacial score (nSPS) is 16.8. The van der Waals surface area contributed by atoms with Crippen molar-refractivity contribution in [1.29, 1.82) is 0 Å². The molecule has 1 unspecified atom stereocenters. The Kier molecular flexibility index (Phi) is 7.87. The fraction of sp³-hybridized carbons (Fsp3) is 0.500. The highest BCUT2D eigenvalue weighted by molar-refractivity contribution is 7.99. The van der Waals surface area contributed by atoms with Crippen LogP contribution in [0.25, 0.3) is 0 Å². The molecular weight excluding hydrogens is 350 g/mol. The molecule has 0 aliphatic carbocycles. The average molecular weight is 369 g/mol. The number of benzene rings is 1. The van der Waals surface area contributed by atoms with E-state index in [2.05, 4.69) is 10.1 Å². The zero-order valence-corrected chi connectivity index (χ0v) is 14.4. The average Bonchev–Trinajstić information content (AvgIpc) is 3.00. The molecule has 1 N–H and O–H groups in total. The van der Waals surface area contributed by atoms with Gasteiger partial charge in [-0.2, -0.15) is 8.78 Å². The molecule has 1 amide bonds. The second-order valence-electron chi connectivity index (χ2n) is 4.83. The second-order valence-corrected chi connectivity index (χ2v) is 5.86. The van der Waals surface area contributed by atoms with Crippen LogP contribution in [0, 0.1) is 0 Å². The van der Waals surface area contributed by atoms with Gasteiger partial charge in [-0.3, -0.25) is 10.1 Å². The van der Waals surface area contributed by atoms with Gasteiger partial charge in [0.2, 0.25) is 5.91 Å². The van der Waals surface area contributed by atoms with Crippen LogP contribution in [0.1, 0.15) is 5.56 Å². The minimum Gasteiger partial charge on any atom is -0.493 e. The number of methoxy groups -OCH3 is 1. The van der Waals surface area contributed by atoms with E-state index in [4.69, 9.17) is 4.74 Å². The molecule has 23 heavy (non-hydrogen) atoms. The van der Waals surface area contributed by atoms with Gasteiger partial charge in [0.25, 0.3) is 0 Å². The largest absolute Gasteiger partial charge is 0.493 e. The molecule has 1 aromatic carbocycles. The van der Waals surface area contributed by atoms with E-state index >= 15 is 0 Å². The summed E-state index contributed by atoms with van der Waals surface area (Å²) >= 11 is 1.67. The summed E-state index contributed by atoms with van der Waals surface area (Å²) in [5.41, 5.74) is 0.693. The van der Waals surface area contributed by atoms with Crippen molar-refractivity contribution in [3.63, 3.8) is 0 Å². The van der Waals surface area contributed by atoms with E-state index in [9.17, 15) is 13.6 Å². The number of carbonyl (C=O) groups excluding carboxylic acids is 1. The molecular formula is C14H19ClF2N2O3S. The second kappa shape index (κ2) is 9.14. The summed E-state index contributed by atoms with van der Waals surface area (Å²) in [5, 5.41) is 3.11. The minimum absolute atomic E-state index is 0. The maximum Gasteiger partial charge on any atom is 0.387 e. The van der Waals surface area contributed by atoms with Gasteiger partial charge in [-0.05, 0) is 17.7 Å². The smallest absolute Gasteiger partial charge is 0.387 e. The molecule has 1 heterocycles. The minimum atomic E-state index is -2.93. The molecule has 0 bridgehead atoms. The predicted molar refractivity (Wildman–Crippen MR) is 87.6 cm³/mol. The molecule has 2 rings (SSSR count). The van der Waals surface area contributed by atoms with Gasteiger partial charge < -0.3 is 14.4 Å². The number of likely N-dealkylation sites (N-methyl/N-ethyl adjacent to an activating group) is 1. The third kappa shape index (κ3) is 5.40. The third-order valence-corrected chi connectivity index (χ3v) is 4.19. The van der Waals surface area contributed by atoms with Crippen molar-refractivity contribution in [2.75, 3.05) is 25.8 Å². The molecule has 1 atom stereocenters. The number of thioether (sulfide) groups is 1. The van der Waals surface area contributed by atoms with Crippen LogP contribution < -0.4 is 14.8 Å². The quantitative estimate of drug-likeness (QED) is 0.835. The van der Waals surface area contributed by atoms with E-state index in [-0.39, 0.29) is 35.9 Å². The number of nitrogens with zero attached hydrogens (tertiary/aromatic N) is 1. The summed E-state index contributed by atoms with van der Waals surface area (Å²) in [6.07, 6.45) is 0. The maximum atomic E-state index is 12.4. The highest BCUT2D eigenvalue weighted by Crippen LogP contribution is 2.30. The number of rotatable bonds is 6. The lowest BCUT2D eigenvalue weighted by molar-refractivity contribution is -0.131. The molecule has 130 valence electrons. The molecule has 9 heteroatoms. The number of halogens is 3. The van der Waals surface area contributed by atoms with Gasteiger partial charge in [-0.25, -0.2) is 0 Å². The summed E-state index contributed by atoms with van der Waals surface area (Å²) in [5.74, 6) is 1.68. The first-order chi connectivity index (χ1) is 10.5. The van der Waals surface area contributed by atoms with Crippen LogP contribution in [-0.2, 0) is 11.3 Å². The maximum absolute atomic E-state index is 12.4. The lowest BCUT2D eigenvalue weighted by Crippen LogP contribution is -2.42. The summed E-state index contributed by atoms with van der Waals surface area (Å²) in [7, 11) is 3.07. The van der Waals surface area contributed by atoms with Crippen LogP contribution in [0.15, 0.2) is 18.2 Å². The van der Waals surface area contributed by atoms with Gasteiger partial charge in [-0.1, -0.05) is 6.07 Å². The summed E-state index contributed by atoms with van der Waals surface area (Å²) in [6, 6.07) is 4.54. The molecule has 0 aromatic heterocycles. The molecule has 1 fully saturated rings. The van der Waals surface area contributed by atoms with E-state index in [0.717, 1.165) is 11.6 Å². The Labute approximate surface area is 144 Å². The van der Waals surface area contributed by atoms with Gasteiger partial charge >= 0.3 is 6.61 Å². The number of alkyl halides is 2. The summed E-state index contributed by atoms with van der Waals surface area (Å²) in [4.78, 5) is 13.8. The SMILES string of the molecule is COc1ccc(CN(C)C(=O)C2CSCN2)cc1OC(F)F.Cl. The van der Waals surface area contributed by atoms with E-state index in [1.54, 1.807) is 35.8 Å². The Morgan fingerprint density at radius 2 is 2.22 bits per heavy atom. The van der Waals surface area contributed by atoms with Crippen LogP contribution >= 0.6 is 24.2 Å². The summed E-state index contributed by atoms with van der Waals surface area (Å²) in [6.45, 7) is -2.62. The lowest BCUT2D eigenvalue weighted by atomic mass is 10.1. The highest BCUT2D eigenvalue weighted by atomic mass is 35.5. The third-order valence-electron chi connectivity index (χ3n) is 3.25. The van der Waals surface area contributed by atoms with E-state index < -0.39 is 6.61 Å². The Balaban J connectivity index is 0.00000264. The van der Waals surface area contributed by atoms with Crippen LogP contribution in [-0.4, -0.2) is 49.2 Å². The Morgan fingerprint density at radius 3 is 2.78 bits per heavy atom. The number of ether oxygens (including phenoxy) is 2. The van der Waals surface area contributed by atoms with Crippen LogP contribution in [0.5, 0.6) is 11.5 Å². The number of nitrogens with one attached hydrogen (secondary N) is 1. The van der Waals surface area contributed by atoms with Gasteiger partial charge in [0.15, 0.2) is 11.5 Å². The predicted octanol–water partition coefficient (Wildman–Crippen LogP) is 2.34. The van der Waals surface area contributed by atoms with E-state index in [1.165, 1.54) is 13.2 Å². The molecule has 0 saturated carbocycles. The fourth-order valence-electron chi connectivity index (χ4n) is 2.18. The number of carbonyl (C=O) groups is 1. The number of hydrogen-bond acceptors (Lipinski definition) is 5. The first-order valence-electron chi connectivity index (χ1n) is 6.69. The standard InChI is InChI=1S/C14H18F2N2O3S.ClH/c1-18(13(19)10-7-22-8-17-10)6-9-3-4-11(20-2)12(5-9)21-14(15)16;/h3-5,10,14,17H,6-8H2,1-2H3;1H. The van der Waals surface area contributed by atoms with Gasteiger partial charge in [0.1, 0.15) is 0 Å². The zero-order valence-electron chi connectivity index (χ0n) is 12.8. The first-order valence-corrected chi connectivity index (χ1v) is 7.84. The number of hydrogen-bond donors (Lipinski definition) is 1. The lowest BCUT2D eigenvalue weighted by Gasteiger charge is -2.21. The monoisotopic (exact) mass is 368 g/mol. The van der Waals surface area contributed by atoms with Gasteiger partial charge in [-0.15, -0.1) is 24.2 Å². The Bertz CT molecular complexity index is 531. The molecule has 1 aromatic rings. The van der Waals surface area contributed by atoms with Crippen LogP contribution in [0.3, 0.4) is 0 Å². The van der Waals surface area contributed by atoms with Crippen molar-refractivity contribution in [3.8, 4) is 11.5 Å². The van der Waals surface area contributed by atoms with Crippen molar-refractivity contribution >= 4 is 30.1 Å². The van der Waals surface area contributed by atoms with E-state index in [0.29, 0.717) is 12.1 Å². The van der Waals surface area contributed by atoms with Crippen LogP contribution in [0.2, 0.25) is 0 Å².